The van der Waals surface area contributed by atoms with E-state index in [9.17, 15) is 9.59 Å². The van der Waals surface area contributed by atoms with Crippen LogP contribution in [0.3, 0.4) is 0 Å². The molecule has 5 nitrogen and oxygen atoms in total. The number of ether oxygens (including phenoxy) is 2. The van der Waals surface area contributed by atoms with E-state index in [0.717, 1.165) is 5.56 Å². The maximum atomic E-state index is 11.4. The molecule has 0 spiro atoms. The van der Waals surface area contributed by atoms with Crippen molar-refractivity contribution in [2.75, 3.05) is 7.11 Å². The SMILES string of the molecule is COC(=O)c1ccc(CN)cc1OC(C)=O. The molecule has 0 radical (unpaired) electrons. The van der Waals surface area contributed by atoms with E-state index in [1.807, 2.05) is 0 Å². The molecular weight excluding hydrogens is 210 g/mol. The zero-order valence-corrected chi connectivity index (χ0v) is 9.15. The van der Waals surface area contributed by atoms with Gasteiger partial charge in [0.25, 0.3) is 0 Å². The lowest BCUT2D eigenvalue weighted by Gasteiger charge is -2.08. The summed E-state index contributed by atoms with van der Waals surface area (Å²) in [7, 11) is 1.26. The average Bonchev–Trinajstić information content (AvgIpc) is 2.27. The molecule has 0 saturated carbocycles. The third-order valence-corrected chi connectivity index (χ3v) is 1.94. The molecule has 5 heteroatoms. The van der Waals surface area contributed by atoms with Crippen molar-refractivity contribution in [3.05, 3.63) is 29.3 Å². The minimum Gasteiger partial charge on any atom is -0.465 e. The number of rotatable bonds is 3. The van der Waals surface area contributed by atoms with Gasteiger partial charge in [-0.25, -0.2) is 4.79 Å². The number of carbonyl (C=O) groups excluding carboxylic acids is 2. The van der Waals surface area contributed by atoms with Gasteiger partial charge in [0.1, 0.15) is 11.3 Å². The molecule has 16 heavy (non-hydrogen) atoms. The van der Waals surface area contributed by atoms with Gasteiger partial charge in [0.2, 0.25) is 0 Å². The highest BCUT2D eigenvalue weighted by molar-refractivity contribution is 5.93. The lowest BCUT2D eigenvalue weighted by molar-refractivity contribution is -0.131. The molecule has 1 rings (SSSR count). The van der Waals surface area contributed by atoms with Crippen LogP contribution < -0.4 is 10.5 Å². The van der Waals surface area contributed by atoms with Gasteiger partial charge in [-0.05, 0) is 17.7 Å². The van der Waals surface area contributed by atoms with Gasteiger partial charge < -0.3 is 15.2 Å². The Morgan fingerprint density at radius 1 is 1.38 bits per heavy atom. The van der Waals surface area contributed by atoms with Gasteiger partial charge in [-0.1, -0.05) is 6.07 Å². The fourth-order valence-corrected chi connectivity index (χ4v) is 1.21. The van der Waals surface area contributed by atoms with E-state index >= 15 is 0 Å². The molecular formula is C11H13NO4. The van der Waals surface area contributed by atoms with Crippen LogP contribution >= 0.6 is 0 Å². The molecule has 0 saturated heterocycles. The molecule has 0 amide bonds. The first-order valence-corrected chi connectivity index (χ1v) is 4.68. The van der Waals surface area contributed by atoms with Crippen LogP contribution in [0, 0.1) is 0 Å². The van der Waals surface area contributed by atoms with Gasteiger partial charge in [0, 0.05) is 13.5 Å². The molecule has 0 fully saturated rings. The van der Waals surface area contributed by atoms with E-state index in [2.05, 4.69) is 4.74 Å². The number of hydrogen-bond acceptors (Lipinski definition) is 5. The van der Waals surface area contributed by atoms with Gasteiger partial charge in [0.15, 0.2) is 0 Å². The molecule has 0 heterocycles. The van der Waals surface area contributed by atoms with Crippen molar-refractivity contribution in [3.63, 3.8) is 0 Å². The Kier molecular flexibility index (Phi) is 4.02. The number of hydrogen-bond donors (Lipinski definition) is 1. The van der Waals surface area contributed by atoms with Crippen molar-refractivity contribution in [1.82, 2.24) is 0 Å². The Hall–Kier alpha value is -1.88. The Balaban J connectivity index is 3.15. The second-order valence-electron chi connectivity index (χ2n) is 3.12. The summed E-state index contributed by atoms with van der Waals surface area (Å²) in [5.74, 6) is -0.888. The second-order valence-corrected chi connectivity index (χ2v) is 3.12. The van der Waals surface area contributed by atoms with Gasteiger partial charge in [0.05, 0.1) is 7.11 Å². The number of benzene rings is 1. The summed E-state index contributed by atoms with van der Waals surface area (Å²) in [6.45, 7) is 1.56. The highest BCUT2D eigenvalue weighted by Gasteiger charge is 2.14. The second kappa shape index (κ2) is 5.27. The molecule has 0 aromatic heterocycles. The van der Waals surface area contributed by atoms with E-state index in [-0.39, 0.29) is 11.3 Å². The van der Waals surface area contributed by atoms with E-state index in [0.29, 0.717) is 6.54 Å². The summed E-state index contributed by atoms with van der Waals surface area (Å²) in [4.78, 5) is 22.2. The minimum absolute atomic E-state index is 0.169. The lowest BCUT2D eigenvalue weighted by atomic mass is 10.1. The molecule has 2 N–H and O–H groups in total. The zero-order valence-electron chi connectivity index (χ0n) is 9.15. The maximum Gasteiger partial charge on any atom is 0.341 e. The quantitative estimate of drug-likeness (QED) is 0.607. The van der Waals surface area contributed by atoms with Crippen LogP contribution in [0.25, 0.3) is 0 Å². The lowest BCUT2D eigenvalue weighted by Crippen LogP contribution is -2.10. The van der Waals surface area contributed by atoms with Crippen LogP contribution in [0.4, 0.5) is 0 Å². The standard InChI is InChI=1S/C11H13NO4/c1-7(13)16-10-5-8(6-12)3-4-9(10)11(14)15-2/h3-5H,6,12H2,1-2H3. The molecule has 0 atom stereocenters. The Morgan fingerprint density at radius 3 is 2.56 bits per heavy atom. The number of esters is 2. The van der Waals surface area contributed by atoms with Crippen molar-refractivity contribution >= 4 is 11.9 Å². The van der Waals surface area contributed by atoms with Crippen molar-refractivity contribution in [2.24, 2.45) is 5.73 Å². The number of methoxy groups -OCH3 is 1. The predicted octanol–water partition coefficient (Wildman–Crippen LogP) is 0.857. The molecule has 1 aromatic rings. The van der Waals surface area contributed by atoms with Gasteiger partial charge in [-0.3, -0.25) is 4.79 Å². The summed E-state index contributed by atoms with van der Waals surface area (Å²) in [5, 5.41) is 0. The zero-order chi connectivity index (χ0) is 12.1. The minimum atomic E-state index is -0.556. The van der Waals surface area contributed by atoms with Crippen molar-refractivity contribution in [2.45, 2.75) is 13.5 Å². The van der Waals surface area contributed by atoms with E-state index in [1.54, 1.807) is 12.1 Å². The summed E-state index contributed by atoms with van der Waals surface area (Å²) < 4.78 is 9.49. The van der Waals surface area contributed by atoms with Crippen LogP contribution in [-0.2, 0) is 16.1 Å². The third kappa shape index (κ3) is 2.80. The fraction of sp³-hybridized carbons (Fsp3) is 0.273. The molecule has 0 bridgehead atoms. The maximum absolute atomic E-state index is 11.4. The molecule has 1 aromatic carbocycles. The molecule has 86 valence electrons. The van der Waals surface area contributed by atoms with Crippen LogP contribution in [0.1, 0.15) is 22.8 Å². The van der Waals surface area contributed by atoms with Crippen LogP contribution in [0.5, 0.6) is 5.75 Å². The normalized spacial score (nSPS) is 9.69. The molecule has 0 aliphatic rings. The third-order valence-electron chi connectivity index (χ3n) is 1.94. The van der Waals surface area contributed by atoms with E-state index < -0.39 is 11.9 Å². The van der Waals surface area contributed by atoms with Crippen LogP contribution in [0.2, 0.25) is 0 Å². The van der Waals surface area contributed by atoms with E-state index in [4.69, 9.17) is 10.5 Å². The van der Waals surface area contributed by atoms with E-state index in [1.165, 1.54) is 20.1 Å². The summed E-state index contributed by atoms with van der Waals surface area (Å²) >= 11 is 0. The first-order valence-electron chi connectivity index (χ1n) is 4.68. The average molecular weight is 223 g/mol. The Labute approximate surface area is 93.1 Å². The molecule has 0 aliphatic heterocycles. The smallest absolute Gasteiger partial charge is 0.341 e. The molecule has 0 aliphatic carbocycles. The number of carbonyl (C=O) groups is 2. The predicted molar refractivity (Wildman–Crippen MR) is 57.0 cm³/mol. The van der Waals surface area contributed by atoms with Crippen molar-refractivity contribution < 1.29 is 19.1 Å². The fourth-order valence-electron chi connectivity index (χ4n) is 1.21. The summed E-state index contributed by atoms with van der Waals surface area (Å²) in [6.07, 6.45) is 0. The highest BCUT2D eigenvalue weighted by atomic mass is 16.5. The largest absolute Gasteiger partial charge is 0.465 e. The van der Waals surface area contributed by atoms with Crippen molar-refractivity contribution in [1.29, 1.82) is 0 Å². The number of nitrogens with two attached hydrogens (primary N) is 1. The van der Waals surface area contributed by atoms with Gasteiger partial charge >= 0.3 is 11.9 Å². The monoisotopic (exact) mass is 223 g/mol. The molecule has 0 unspecified atom stereocenters. The summed E-state index contributed by atoms with van der Waals surface area (Å²) in [5.41, 5.74) is 6.42. The van der Waals surface area contributed by atoms with Gasteiger partial charge in [-0.15, -0.1) is 0 Å². The van der Waals surface area contributed by atoms with Crippen LogP contribution in [-0.4, -0.2) is 19.0 Å². The first-order chi connectivity index (χ1) is 7.58. The summed E-state index contributed by atoms with van der Waals surface area (Å²) in [6, 6.07) is 4.75. The Bertz CT molecular complexity index is 414. The van der Waals surface area contributed by atoms with Crippen LogP contribution in [0.15, 0.2) is 18.2 Å². The highest BCUT2D eigenvalue weighted by Crippen LogP contribution is 2.21. The first kappa shape index (κ1) is 12.2. The van der Waals surface area contributed by atoms with Crippen molar-refractivity contribution in [3.8, 4) is 5.75 Å². The topological polar surface area (TPSA) is 78.6 Å². The van der Waals surface area contributed by atoms with Gasteiger partial charge in [-0.2, -0.15) is 0 Å². The Morgan fingerprint density at radius 2 is 2.06 bits per heavy atom.